The number of phosphoric acid groups is 1. The predicted octanol–water partition coefficient (Wildman–Crippen LogP) is 10.6. The van der Waals surface area contributed by atoms with Crippen LogP contribution in [0.25, 0.3) is 0 Å². The molecule has 3 aromatic carbocycles. The average molecular weight is 537 g/mol. The van der Waals surface area contributed by atoms with E-state index in [1.165, 1.54) is 16.7 Å². The maximum Gasteiger partial charge on any atom is 0.647 e. The molecule has 4 nitrogen and oxygen atoms in total. The van der Waals surface area contributed by atoms with Crippen molar-refractivity contribution in [3.63, 3.8) is 0 Å². The highest BCUT2D eigenvalue weighted by Gasteiger charge is 2.36. The molecule has 0 heterocycles. The fraction of sp³-hybridized carbons (Fsp3) is 0.455. The first-order chi connectivity index (χ1) is 17.7. The average Bonchev–Trinajstić information content (AvgIpc) is 2.82. The molecule has 0 aliphatic heterocycles. The van der Waals surface area contributed by atoms with Gasteiger partial charge in [0.1, 0.15) is 17.2 Å². The number of hydrogen-bond donors (Lipinski definition) is 0. The first-order valence-electron chi connectivity index (χ1n) is 13.7. The Bertz CT molecular complexity index is 1200. The van der Waals surface area contributed by atoms with Crippen molar-refractivity contribution >= 4 is 7.82 Å². The molecule has 3 aromatic rings. The van der Waals surface area contributed by atoms with Crippen molar-refractivity contribution in [2.24, 2.45) is 0 Å². The van der Waals surface area contributed by atoms with Crippen LogP contribution >= 0.6 is 7.82 Å². The minimum absolute atomic E-state index is 0.372. The van der Waals surface area contributed by atoms with Gasteiger partial charge in [-0.1, -0.05) is 59.7 Å². The van der Waals surface area contributed by atoms with Crippen molar-refractivity contribution in [2.45, 2.75) is 101 Å². The summed E-state index contributed by atoms with van der Waals surface area (Å²) in [6.45, 7) is 25.2. The van der Waals surface area contributed by atoms with Gasteiger partial charge < -0.3 is 13.6 Å². The van der Waals surface area contributed by atoms with Crippen molar-refractivity contribution in [3.05, 3.63) is 86.5 Å². The summed E-state index contributed by atoms with van der Waals surface area (Å²) >= 11 is 0. The normalized spacial score (nSPS) is 12.0. The second-order valence-electron chi connectivity index (χ2n) is 11.4. The summed E-state index contributed by atoms with van der Waals surface area (Å²) in [6, 6.07) is 11.7. The largest absolute Gasteiger partial charge is 0.647 e. The van der Waals surface area contributed by atoms with E-state index in [1.54, 1.807) is 0 Å². The zero-order valence-corrected chi connectivity index (χ0v) is 26.2. The predicted molar refractivity (Wildman–Crippen MR) is 160 cm³/mol. The Balaban J connectivity index is 2.11. The second-order valence-corrected chi connectivity index (χ2v) is 12.8. The van der Waals surface area contributed by atoms with Gasteiger partial charge >= 0.3 is 7.82 Å². The van der Waals surface area contributed by atoms with Crippen LogP contribution in [0.1, 0.15) is 109 Å². The quantitative estimate of drug-likeness (QED) is 0.255. The molecule has 0 amide bonds. The molecule has 38 heavy (non-hydrogen) atoms. The molecule has 5 heteroatoms. The molecular weight excluding hydrogens is 491 g/mol. The van der Waals surface area contributed by atoms with Crippen molar-refractivity contribution in [3.8, 4) is 17.2 Å². The molecule has 0 fully saturated rings. The molecule has 0 aliphatic rings. The molecule has 206 valence electrons. The fourth-order valence-corrected chi connectivity index (χ4v) is 6.47. The second kappa shape index (κ2) is 11.6. The Labute approximate surface area is 230 Å². The number of benzene rings is 3. The highest BCUT2D eigenvalue weighted by Crippen LogP contribution is 2.53. The van der Waals surface area contributed by atoms with E-state index >= 15 is 0 Å². The van der Waals surface area contributed by atoms with Gasteiger partial charge in [0.2, 0.25) is 0 Å². The molecule has 0 spiro atoms. The van der Waals surface area contributed by atoms with Crippen LogP contribution in [0.3, 0.4) is 0 Å². The van der Waals surface area contributed by atoms with E-state index in [4.69, 9.17) is 13.6 Å². The summed E-state index contributed by atoms with van der Waals surface area (Å²) < 4.78 is 33.1. The van der Waals surface area contributed by atoms with Crippen LogP contribution in [-0.4, -0.2) is 0 Å². The highest BCUT2D eigenvalue weighted by atomic mass is 31.2. The van der Waals surface area contributed by atoms with E-state index < -0.39 is 7.82 Å². The van der Waals surface area contributed by atoms with E-state index in [-0.39, 0.29) is 0 Å². The van der Waals surface area contributed by atoms with Gasteiger partial charge in [0, 0.05) is 0 Å². The Hall–Kier alpha value is -2.71. The SMILES string of the molecule is Cc1c(OP(=O)(Oc2ccc(C(C)C)c(C)c2C)Oc2ccc(C(C)C)c(C)c2C)ccc(C(C)C)c1C. The van der Waals surface area contributed by atoms with Gasteiger partial charge in [-0.15, -0.1) is 0 Å². The van der Waals surface area contributed by atoms with Crippen LogP contribution < -0.4 is 13.6 Å². The van der Waals surface area contributed by atoms with Crippen LogP contribution in [0, 0.1) is 41.5 Å². The third-order valence-electron chi connectivity index (χ3n) is 7.83. The molecule has 0 aliphatic carbocycles. The van der Waals surface area contributed by atoms with Gasteiger partial charge in [-0.25, -0.2) is 0 Å². The lowest BCUT2D eigenvalue weighted by atomic mass is 9.94. The van der Waals surface area contributed by atoms with E-state index in [2.05, 4.69) is 62.3 Å². The lowest BCUT2D eigenvalue weighted by molar-refractivity contribution is 0.296. The van der Waals surface area contributed by atoms with Gasteiger partial charge in [0.05, 0.1) is 0 Å². The fourth-order valence-electron chi connectivity index (χ4n) is 5.04. The monoisotopic (exact) mass is 536 g/mol. The summed E-state index contributed by atoms with van der Waals surface area (Å²) in [5, 5.41) is 0. The zero-order chi connectivity index (χ0) is 28.5. The summed E-state index contributed by atoms with van der Waals surface area (Å²) in [5.74, 6) is 2.61. The smallest absolute Gasteiger partial charge is 0.386 e. The summed E-state index contributed by atoms with van der Waals surface area (Å²) in [7, 11) is -4.14. The first-order valence-corrected chi connectivity index (χ1v) is 15.1. The molecule has 0 saturated heterocycles. The third kappa shape index (κ3) is 6.12. The van der Waals surface area contributed by atoms with Crippen LogP contribution in [0.5, 0.6) is 17.2 Å². The molecule has 0 N–H and O–H groups in total. The lowest BCUT2D eigenvalue weighted by Gasteiger charge is -2.25. The number of hydrogen-bond acceptors (Lipinski definition) is 4. The lowest BCUT2D eigenvalue weighted by Crippen LogP contribution is -2.11. The topological polar surface area (TPSA) is 44.8 Å². The van der Waals surface area contributed by atoms with Crippen LogP contribution in [-0.2, 0) is 4.57 Å². The molecule has 3 rings (SSSR count). The van der Waals surface area contributed by atoms with Gasteiger partial charge in [-0.05, 0) is 128 Å². The van der Waals surface area contributed by atoms with Crippen molar-refractivity contribution < 1.29 is 18.1 Å². The van der Waals surface area contributed by atoms with Crippen molar-refractivity contribution in [2.75, 3.05) is 0 Å². The zero-order valence-electron chi connectivity index (χ0n) is 25.3. The van der Waals surface area contributed by atoms with Crippen molar-refractivity contribution in [1.82, 2.24) is 0 Å². The minimum Gasteiger partial charge on any atom is -0.386 e. The van der Waals surface area contributed by atoms with Crippen LogP contribution in [0.15, 0.2) is 36.4 Å². The van der Waals surface area contributed by atoms with Gasteiger partial charge in [-0.2, -0.15) is 4.57 Å². The molecule has 0 saturated carbocycles. The Morgan fingerprint density at radius 1 is 0.447 bits per heavy atom. The summed E-state index contributed by atoms with van der Waals surface area (Å²) in [5.41, 5.74) is 9.83. The van der Waals surface area contributed by atoms with E-state index in [0.29, 0.717) is 35.0 Å². The Morgan fingerprint density at radius 2 is 0.684 bits per heavy atom. The maximum absolute atomic E-state index is 14.5. The highest BCUT2D eigenvalue weighted by molar-refractivity contribution is 7.49. The molecule has 0 radical (unpaired) electrons. The first kappa shape index (κ1) is 29.8. The number of phosphoric ester groups is 1. The Morgan fingerprint density at radius 3 is 0.895 bits per heavy atom. The van der Waals surface area contributed by atoms with E-state index in [0.717, 1.165) is 33.4 Å². The van der Waals surface area contributed by atoms with E-state index in [9.17, 15) is 4.57 Å². The van der Waals surface area contributed by atoms with Gasteiger partial charge in [-0.3, -0.25) is 0 Å². The van der Waals surface area contributed by atoms with Crippen LogP contribution in [0.4, 0.5) is 0 Å². The minimum atomic E-state index is -4.14. The Kier molecular flexibility index (Phi) is 9.09. The van der Waals surface area contributed by atoms with E-state index in [1.807, 2.05) is 57.2 Å². The number of rotatable bonds is 9. The molecule has 0 atom stereocenters. The molecule has 0 unspecified atom stereocenters. The van der Waals surface area contributed by atoms with Gasteiger partial charge in [0.15, 0.2) is 0 Å². The maximum atomic E-state index is 14.5. The molecular formula is C33H45O4P. The van der Waals surface area contributed by atoms with Crippen molar-refractivity contribution in [1.29, 1.82) is 0 Å². The molecule has 0 bridgehead atoms. The molecule has 0 aromatic heterocycles. The standard InChI is InChI=1S/C33H45O4P/c1-19(2)28-13-16-31(25(10)22(28)7)35-38(34,36-32-17-14-29(20(3)4)23(8)26(32)11)37-33-18-15-30(21(5)6)24(9)27(33)12/h13-21H,1-12H3. The van der Waals surface area contributed by atoms with Crippen LogP contribution in [0.2, 0.25) is 0 Å². The summed E-state index contributed by atoms with van der Waals surface area (Å²) in [6.07, 6.45) is 0. The summed E-state index contributed by atoms with van der Waals surface area (Å²) in [4.78, 5) is 0. The van der Waals surface area contributed by atoms with Gasteiger partial charge in [0.25, 0.3) is 0 Å². The third-order valence-corrected chi connectivity index (χ3v) is 9.10.